The summed E-state index contributed by atoms with van der Waals surface area (Å²) in [6, 6.07) is 0.0771. The molecule has 0 aromatic carbocycles. The van der Waals surface area contributed by atoms with Crippen LogP contribution in [0, 0.1) is 10.9 Å². The summed E-state index contributed by atoms with van der Waals surface area (Å²) in [5, 5.41) is 2.79. The smallest absolute Gasteiger partial charge is 0.239 e. The van der Waals surface area contributed by atoms with Gasteiger partial charge in [-0.1, -0.05) is 0 Å². The molecule has 1 aromatic heterocycles. The van der Waals surface area contributed by atoms with Gasteiger partial charge in [-0.3, -0.25) is 9.59 Å². The number of aryl methyl sites for hydroxylation is 1. The van der Waals surface area contributed by atoms with Crippen LogP contribution < -0.4 is 5.32 Å². The highest BCUT2D eigenvalue weighted by atomic mass is 32.1. The molecule has 0 saturated carbocycles. The number of carbonyl (C=O) groups excluding carboxylic acids is 2. The Bertz CT molecular complexity index is 534. The van der Waals surface area contributed by atoms with Crippen LogP contribution >= 0.6 is 23.6 Å². The van der Waals surface area contributed by atoms with Crippen LogP contribution in [0.25, 0.3) is 0 Å². The lowest BCUT2D eigenvalue weighted by Crippen LogP contribution is -2.43. The molecule has 0 bridgehead atoms. The number of aromatic nitrogens is 1. The second-order valence-corrected chi connectivity index (χ2v) is 6.64. The number of nitrogens with zero attached hydrogens (tertiary/aromatic N) is 1. The van der Waals surface area contributed by atoms with E-state index in [-0.39, 0.29) is 30.8 Å². The van der Waals surface area contributed by atoms with Crippen molar-refractivity contribution in [2.45, 2.75) is 40.2 Å². The van der Waals surface area contributed by atoms with Gasteiger partial charge in [0, 0.05) is 23.2 Å². The number of hydrogen-bond donors (Lipinski definition) is 2. The van der Waals surface area contributed by atoms with Gasteiger partial charge < -0.3 is 15.2 Å². The maximum Gasteiger partial charge on any atom is 0.239 e. The Labute approximate surface area is 128 Å². The van der Waals surface area contributed by atoms with Crippen molar-refractivity contribution in [2.75, 3.05) is 13.1 Å². The van der Waals surface area contributed by atoms with Crippen molar-refractivity contribution in [3.05, 3.63) is 14.5 Å². The largest absolute Gasteiger partial charge is 0.352 e. The van der Waals surface area contributed by atoms with E-state index in [9.17, 15) is 9.59 Å². The van der Waals surface area contributed by atoms with Gasteiger partial charge in [0.1, 0.15) is 0 Å². The standard InChI is InChI=1S/C13H21N3O2S2/c1-5-16(7-11(17)14-8(2)3)12(18)6-10-9(4)15-13(19)20-10/h8H,5-7H2,1-4H3,(H,14,17)(H,15,19). The Morgan fingerprint density at radius 3 is 2.55 bits per heavy atom. The summed E-state index contributed by atoms with van der Waals surface area (Å²) in [4.78, 5) is 29.5. The van der Waals surface area contributed by atoms with Crippen molar-refractivity contribution >= 4 is 35.4 Å². The first-order valence-electron chi connectivity index (χ1n) is 6.59. The Balaban J connectivity index is 2.65. The molecule has 0 aliphatic carbocycles. The van der Waals surface area contributed by atoms with Gasteiger partial charge in [-0.25, -0.2) is 0 Å². The lowest BCUT2D eigenvalue weighted by Gasteiger charge is -2.21. The van der Waals surface area contributed by atoms with Gasteiger partial charge in [-0.15, -0.1) is 11.3 Å². The summed E-state index contributed by atoms with van der Waals surface area (Å²) in [6.07, 6.45) is 0.284. The number of rotatable bonds is 6. The minimum absolute atomic E-state index is 0.0558. The van der Waals surface area contributed by atoms with Gasteiger partial charge in [0.25, 0.3) is 0 Å². The number of nitrogens with one attached hydrogen (secondary N) is 2. The van der Waals surface area contributed by atoms with Crippen molar-refractivity contribution in [1.29, 1.82) is 0 Å². The van der Waals surface area contributed by atoms with E-state index in [2.05, 4.69) is 10.3 Å². The zero-order valence-electron chi connectivity index (χ0n) is 12.3. The summed E-state index contributed by atoms with van der Waals surface area (Å²) < 4.78 is 0.672. The third-order valence-electron chi connectivity index (χ3n) is 2.75. The van der Waals surface area contributed by atoms with E-state index in [4.69, 9.17) is 12.2 Å². The Morgan fingerprint density at radius 1 is 1.45 bits per heavy atom. The fourth-order valence-corrected chi connectivity index (χ4v) is 3.05. The Kier molecular flexibility index (Phi) is 6.35. The third-order valence-corrected chi connectivity index (χ3v) is 4.09. The molecule has 7 heteroatoms. The molecule has 2 amide bonds. The highest BCUT2D eigenvalue weighted by Gasteiger charge is 2.18. The molecule has 0 aliphatic heterocycles. The maximum atomic E-state index is 12.2. The molecule has 0 aliphatic rings. The van der Waals surface area contributed by atoms with Crippen LogP contribution in [-0.4, -0.2) is 40.8 Å². The van der Waals surface area contributed by atoms with Crippen LogP contribution in [0.15, 0.2) is 0 Å². The Morgan fingerprint density at radius 2 is 2.10 bits per heavy atom. The zero-order chi connectivity index (χ0) is 15.3. The molecule has 1 rings (SSSR count). The number of thiazole rings is 1. The number of carbonyl (C=O) groups is 2. The van der Waals surface area contributed by atoms with Gasteiger partial charge in [0.05, 0.1) is 13.0 Å². The van der Waals surface area contributed by atoms with Crippen LogP contribution in [0.5, 0.6) is 0 Å². The average molecular weight is 315 g/mol. The molecule has 5 nitrogen and oxygen atoms in total. The maximum absolute atomic E-state index is 12.2. The first-order chi connectivity index (χ1) is 9.33. The predicted octanol–water partition coefficient (Wildman–Crippen LogP) is 2.03. The first kappa shape index (κ1) is 16.8. The van der Waals surface area contributed by atoms with E-state index in [1.54, 1.807) is 4.90 Å². The molecule has 0 fully saturated rings. The second-order valence-electron chi connectivity index (χ2n) is 4.87. The van der Waals surface area contributed by atoms with Gasteiger partial charge in [0.15, 0.2) is 3.95 Å². The number of amides is 2. The van der Waals surface area contributed by atoms with Gasteiger partial charge >= 0.3 is 0 Å². The lowest BCUT2D eigenvalue weighted by atomic mass is 10.2. The fourth-order valence-electron chi connectivity index (χ4n) is 1.77. The van der Waals surface area contributed by atoms with Crippen LogP contribution in [0.3, 0.4) is 0 Å². The minimum Gasteiger partial charge on any atom is -0.352 e. The van der Waals surface area contributed by atoms with E-state index in [1.165, 1.54) is 11.3 Å². The third kappa shape index (κ3) is 5.05. The molecule has 0 atom stereocenters. The van der Waals surface area contributed by atoms with Crippen LogP contribution in [0.4, 0.5) is 0 Å². The minimum atomic E-state index is -0.131. The molecule has 1 aromatic rings. The highest BCUT2D eigenvalue weighted by molar-refractivity contribution is 7.73. The zero-order valence-corrected chi connectivity index (χ0v) is 13.9. The molecule has 0 radical (unpaired) electrons. The molecule has 20 heavy (non-hydrogen) atoms. The van der Waals surface area contributed by atoms with Crippen molar-refractivity contribution in [3.8, 4) is 0 Å². The van der Waals surface area contributed by atoms with E-state index in [1.807, 2.05) is 27.7 Å². The van der Waals surface area contributed by atoms with E-state index < -0.39 is 0 Å². The fraction of sp³-hybridized carbons (Fsp3) is 0.615. The van der Waals surface area contributed by atoms with Crippen LogP contribution in [0.1, 0.15) is 31.3 Å². The number of likely N-dealkylation sites (N-methyl/N-ethyl adjacent to an activating group) is 1. The summed E-state index contributed by atoms with van der Waals surface area (Å²) in [6.45, 7) is 8.17. The monoisotopic (exact) mass is 315 g/mol. The van der Waals surface area contributed by atoms with Gasteiger partial charge in [-0.2, -0.15) is 0 Å². The highest BCUT2D eigenvalue weighted by Crippen LogP contribution is 2.16. The SMILES string of the molecule is CCN(CC(=O)NC(C)C)C(=O)Cc1sc(=S)[nH]c1C. The molecular weight excluding hydrogens is 294 g/mol. The number of H-pyrrole nitrogens is 1. The summed E-state index contributed by atoms with van der Waals surface area (Å²) >= 11 is 6.47. The normalized spacial score (nSPS) is 10.7. The molecule has 0 spiro atoms. The van der Waals surface area contributed by atoms with E-state index >= 15 is 0 Å². The average Bonchev–Trinajstić information content (AvgIpc) is 2.63. The van der Waals surface area contributed by atoms with Crippen LogP contribution in [0.2, 0.25) is 0 Å². The molecule has 0 saturated heterocycles. The predicted molar refractivity (Wildman–Crippen MR) is 83.5 cm³/mol. The first-order valence-corrected chi connectivity index (χ1v) is 7.81. The molecule has 2 N–H and O–H groups in total. The van der Waals surface area contributed by atoms with Crippen molar-refractivity contribution in [2.24, 2.45) is 0 Å². The lowest BCUT2D eigenvalue weighted by molar-refractivity contribution is -0.135. The molecular formula is C13H21N3O2S2. The van der Waals surface area contributed by atoms with Gasteiger partial charge in [-0.05, 0) is 39.9 Å². The number of aromatic amines is 1. The van der Waals surface area contributed by atoms with E-state index in [0.29, 0.717) is 10.5 Å². The van der Waals surface area contributed by atoms with E-state index in [0.717, 1.165) is 10.6 Å². The molecule has 0 unspecified atom stereocenters. The topological polar surface area (TPSA) is 65.2 Å². The van der Waals surface area contributed by atoms with Crippen LogP contribution in [-0.2, 0) is 16.0 Å². The summed E-state index contributed by atoms with van der Waals surface area (Å²) in [7, 11) is 0. The molecule has 1 heterocycles. The quantitative estimate of drug-likeness (QED) is 0.790. The van der Waals surface area contributed by atoms with Gasteiger partial charge in [0.2, 0.25) is 11.8 Å². The van der Waals surface area contributed by atoms with Crippen molar-refractivity contribution in [1.82, 2.24) is 15.2 Å². The summed E-state index contributed by atoms with van der Waals surface area (Å²) in [5.74, 6) is -0.187. The Hall–Kier alpha value is -1.21. The molecule has 112 valence electrons. The second kappa shape index (κ2) is 7.54. The summed E-state index contributed by atoms with van der Waals surface area (Å²) in [5.41, 5.74) is 0.927. The number of hydrogen-bond acceptors (Lipinski definition) is 4. The van der Waals surface area contributed by atoms with Crippen molar-refractivity contribution < 1.29 is 9.59 Å². The van der Waals surface area contributed by atoms with Crippen molar-refractivity contribution in [3.63, 3.8) is 0 Å².